The number of esters is 2. The molecule has 14 heterocycles. The summed E-state index contributed by atoms with van der Waals surface area (Å²) in [6.07, 6.45) is 27.3. The van der Waals surface area contributed by atoms with Gasteiger partial charge in [0.2, 0.25) is 11.8 Å². The topological polar surface area (TPSA) is 314 Å². The zero-order chi connectivity index (χ0) is 87.0. The Labute approximate surface area is 687 Å². The number of urea groups is 1. The lowest BCUT2D eigenvalue weighted by molar-refractivity contribution is -0.146. The Morgan fingerprint density at radius 2 is 0.618 bits per heavy atom. The molecule has 0 spiro atoms. The summed E-state index contributed by atoms with van der Waals surface area (Å²) in [5.41, 5.74) is 11.6. The van der Waals surface area contributed by atoms with Gasteiger partial charge in [0.1, 0.15) is 6.61 Å². The molecule has 14 rings (SSSR count). The summed E-state index contributed by atoms with van der Waals surface area (Å²) in [7, 11) is 0. The maximum Gasteiger partial charge on any atom is 0.407 e. The zero-order valence-electron chi connectivity index (χ0n) is 77.9. The minimum absolute atomic E-state index is 0.0359. The number of amides is 5. The fourth-order valence-electron chi connectivity index (χ4n) is 7.55. The van der Waals surface area contributed by atoms with Gasteiger partial charge in [-0.2, -0.15) is 11.8 Å². The van der Waals surface area contributed by atoms with Crippen molar-refractivity contribution in [3.05, 3.63) is 12.3 Å². The number of piperidine rings is 2. The molecule has 110 heavy (non-hydrogen) atoms. The minimum Gasteiger partial charge on any atom is -0.466 e. The molecular weight excluding hydrogens is 1420 g/mol. The molecule has 26 heteroatoms. The third-order valence-electron chi connectivity index (χ3n) is 12.2. The molecule has 0 atom stereocenters. The van der Waals surface area contributed by atoms with Crippen LogP contribution < -0.4 is 69.6 Å². The Balaban J connectivity index is -0.0000000734. The number of hydrazine groups is 2. The molecule has 0 aliphatic carbocycles. The Kier molecular flexibility index (Phi) is 202. The molecule has 0 bridgehead atoms. The van der Waals surface area contributed by atoms with Crippen LogP contribution in [0.2, 0.25) is 0 Å². The van der Waals surface area contributed by atoms with E-state index in [0.717, 1.165) is 150 Å². The first-order valence-electron chi connectivity index (χ1n) is 44.9. The van der Waals surface area contributed by atoms with Crippen molar-refractivity contribution in [3.63, 3.8) is 0 Å². The SMILES string of the molecule is C1=CNNC1.C1CCNC1.C1CCNCC1.C1CCOC1.C1CCOCC1.C1CNNC1.C1COCCN1.C1CSCCN1.CC.CC.CC.CC.CC.CC.CC.CC.CC.CC.CC.CC.CC.CC.O=C1CCCCN1.O=C1CCCCO1.O=C1CCCN1.O=C1CCCO1.O=C1NCCN1.O=C1NCCO1. The van der Waals surface area contributed by atoms with E-state index in [4.69, 9.17) is 14.2 Å². The number of thioether (sulfide) groups is 1. The van der Waals surface area contributed by atoms with E-state index in [-0.39, 0.29) is 35.9 Å². The third-order valence-corrected chi connectivity index (χ3v) is 13.2. The fraction of sp³-hybridized carbons (Fsp3) is 0.905. The minimum atomic E-state index is -0.296. The quantitative estimate of drug-likeness (QED) is 0.0792. The number of morpholine rings is 1. The van der Waals surface area contributed by atoms with Gasteiger partial charge in [-0.1, -0.05) is 206 Å². The van der Waals surface area contributed by atoms with Crippen molar-refractivity contribution in [1.29, 1.82) is 0 Å². The predicted octanol–water partition coefficient (Wildman–Crippen LogP) is 16.7. The van der Waals surface area contributed by atoms with Gasteiger partial charge in [-0.05, 0) is 129 Å². The molecule has 674 valence electrons. The first-order chi connectivity index (χ1) is 54.4. The van der Waals surface area contributed by atoms with E-state index in [1.807, 2.05) is 218 Å². The number of cyclic esters (lactones) is 3. The van der Waals surface area contributed by atoms with Crippen LogP contribution in [0.5, 0.6) is 0 Å². The lowest BCUT2D eigenvalue weighted by Crippen LogP contribution is -2.30. The summed E-state index contributed by atoms with van der Waals surface area (Å²) >= 11 is 2.03. The Morgan fingerprint density at radius 1 is 0.264 bits per heavy atom. The van der Waals surface area contributed by atoms with Crippen LogP contribution in [0.4, 0.5) is 9.59 Å². The summed E-state index contributed by atoms with van der Waals surface area (Å²) in [5, 5.41) is 26.0. The third kappa shape index (κ3) is 156. The van der Waals surface area contributed by atoms with Crippen LogP contribution in [-0.2, 0) is 47.6 Å². The molecule has 0 aromatic carbocycles. The number of carbonyl (C=O) groups is 6. The molecule has 0 saturated carbocycles. The maximum atomic E-state index is 10.4. The molecular formula is C84H195N13O12S. The molecule has 13 N–H and O–H groups in total. The van der Waals surface area contributed by atoms with E-state index in [1.54, 1.807) is 0 Å². The normalized spacial score (nSPS) is 17.3. The van der Waals surface area contributed by atoms with Crippen molar-refractivity contribution in [1.82, 2.24) is 69.6 Å². The number of carbonyl (C=O) groups excluding carboxylic acids is 6. The van der Waals surface area contributed by atoms with Gasteiger partial charge in [0.25, 0.3) is 0 Å². The highest BCUT2D eigenvalue weighted by atomic mass is 32.2. The van der Waals surface area contributed by atoms with Gasteiger partial charge < -0.3 is 81.7 Å². The number of hydrogen-bond acceptors (Lipinski definition) is 21. The van der Waals surface area contributed by atoms with Crippen molar-refractivity contribution >= 4 is 47.6 Å². The van der Waals surface area contributed by atoms with Crippen molar-refractivity contribution in [3.8, 4) is 0 Å². The van der Waals surface area contributed by atoms with E-state index in [2.05, 4.69) is 83.8 Å². The van der Waals surface area contributed by atoms with Crippen LogP contribution in [0, 0.1) is 0 Å². The second-order valence-corrected chi connectivity index (χ2v) is 20.9. The molecule has 25 nitrogen and oxygen atoms in total. The average molecular weight is 1610 g/mol. The second-order valence-electron chi connectivity index (χ2n) is 19.6. The molecule has 13 saturated heterocycles. The lowest BCUT2D eigenvalue weighted by Gasteiger charge is -2.10. The lowest BCUT2D eigenvalue weighted by atomic mass is 10.2. The first-order valence-corrected chi connectivity index (χ1v) is 46.0. The summed E-state index contributed by atoms with van der Waals surface area (Å²) in [5.74, 6) is 2.95. The Bertz CT molecular complexity index is 1240. The highest BCUT2D eigenvalue weighted by molar-refractivity contribution is 7.99. The molecule has 0 aromatic heterocycles. The van der Waals surface area contributed by atoms with E-state index in [0.29, 0.717) is 39.2 Å². The van der Waals surface area contributed by atoms with E-state index < -0.39 is 0 Å². The Morgan fingerprint density at radius 3 is 0.764 bits per heavy atom. The van der Waals surface area contributed by atoms with Gasteiger partial charge in [0, 0.05) is 142 Å². The largest absolute Gasteiger partial charge is 0.466 e. The van der Waals surface area contributed by atoms with Crippen LogP contribution in [0.1, 0.15) is 329 Å². The Hall–Kier alpha value is -4.09. The van der Waals surface area contributed by atoms with Gasteiger partial charge in [0.05, 0.1) is 33.0 Å². The summed E-state index contributed by atoms with van der Waals surface area (Å²) in [6.45, 7) is 80.3. The van der Waals surface area contributed by atoms with Crippen LogP contribution in [0.3, 0.4) is 0 Å². The fourth-order valence-corrected chi connectivity index (χ4v) is 8.33. The van der Waals surface area contributed by atoms with Crippen molar-refractivity contribution < 1.29 is 57.2 Å². The molecule has 14 aliphatic rings. The van der Waals surface area contributed by atoms with Crippen LogP contribution in [0.25, 0.3) is 0 Å². The molecule has 0 radical (unpaired) electrons. The molecule has 0 unspecified atom stereocenters. The van der Waals surface area contributed by atoms with Gasteiger partial charge in [0.15, 0.2) is 0 Å². The first kappa shape index (κ1) is 138. The monoisotopic (exact) mass is 1610 g/mol. The number of alkyl carbamates (subject to hydrolysis) is 1. The zero-order valence-corrected chi connectivity index (χ0v) is 78.7. The second kappa shape index (κ2) is 161. The molecule has 0 aromatic rings. The molecule has 14 aliphatic heterocycles. The van der Waals surface area contributed by atoms with Crippen molar-refractivity contribution in [2.45, 2.75) is 329 Å². The van der Waals surface area contributed by atoms with Crippen LogP contribution in [0.15, 0.2) is 12.3 Å². The van der Waals surface area contributed by atoms with Crippen LogP contribution in [-0.4, -0.2) is 212 Å². The highest BCUT2D eigenvalue weighted by Gasteiger charge is 2.10. The molecule has 5 amide bonds. The standard InChI is InChI=1S/C5H9NO.C5H11N.C5H8O2.C5H10O.C4H9NO.C4H7NO.C4H9NS.C4H9N.C4H6O2.C4H8O.C3H6N2O.C3H8N2.C3H6N2.C3H5NO2.14C2H6/c7-5-3-1-2-4-6-5;1-2-4-6-5-3-1;6-5-3-1-2-4-7-5;1-2-4-6-5-3-1;1-3-6-4-2-5-1;6-4-2-1-3-5-4;1-3-6-4-2-5-1;1-2-4-5-3-1;5-4-2-1-3-6-4;1-2-4-5-3-1;6-3-4-1-2-5-3;2*1-2-4-5-3-1;5-3-4-1-2-6-3;14*1-2/h1-4H2,(H,6,7);6H,1-5H2;1-4H2;1-5H2;5H,1-4H2;1-3H2,(H,5,6);5H,1-4H2;5H,1-4H2;1-3H2;1-4H2;1-2H2,(H2,4,5,6);4-5H,1-3H2;1-2,4-5H,3H2;1-2H2,(H,4,5);14*1-2H3. The van der Waals surface area contributed by atoms with E-state index in [9.17, 15) is 28.8 Å². The number of hydrogen-bond donors (Lipinski definition) is 13. The van der Waals surface area contributed by atoms with Crippen molar-refractivity contribution in [2.24, 2.45) is 0 Å². The molecule has 13 fully saturated rings. The average Bonchev–Trinajstić information content (AvgIpc) is 1.44. The van der Waals surface area contributed by atoms with Gasteiger partial charge >= 0.3 is 24.1 Å². The van der Waals surface area contributed by atoms with E-state index >= 15 is 0 Å². The summed E-state index contributed by atoms with van der Waals surface area (Å²) in [6, 6.07) is -0.0463. The highest BCUT2D eigenvalue weighted by Crippen LogP contribution is 2.05. The maximum absolute atomic E-state index is 10.4. The van der Waals surface area contributed by atoms with Gasteiger partial charge in [-0.25, -0.2) is 15.0 Å². The van der Waals surface area contributed by atoms with Crippen molar-refractivity contribution in [2.75, 3.05) is 176 Å². The van der Waals surface area contributed by atoms with Gasteiger partial charge in [-0.15, -0.1) is 0 Å². The van der Waals surface area contributed by atoms with E-state index in [1.165, 1.54) is 121 Å². The number of rotatable bonds is 0. The number of ether oxygens (including phenoxy) is 6. The van der Waals surface area contributed by atoms with Crippen LogP contribution >= 0.6 is 11.8 Å². The summed E-state index contributed by atoms with van der Waals surface area (Å²) in [4.78, 5) is 60.7. The predicted molar refractivity (Wildman–Crippen MR) is 482 cm³/mol. The van der Waals surface area contributed by atoms with Gasteiger partial charge in [-0.3, -0.25) is 30.0 Å². The number of nitrogens with one attached hydrogen (secondary N) is 13. The smallest absolute Gasteiger partial charge is 0.407 e. The summed E-state index contributed by atoms with van der Waals surface area (Å²) < 4.78 is 28.6.